The molecule has 1 spiro atoms. The van der Waals surface area contributed by atoms with Gasteiger partial charge in [-0.1, -0.05) is 6.07 Å². The molecule has 0 bridgehead atoms. The molecule has 6 heteroatoms. The van der Waals surface area contributed by atoms with E-state index < -0.39 is 11.6 Å². The highest BCUT2D eigenvalue weighted by Gasteiger charge is 2.51. The average molecular weight is 259 g/mol. The summed E-state index contributed by atoms with van der Waals surface area (Å²) in [6.45, 7) is 1.44. The number of imide groups is 1. The van der Waals surface area contributed by atoms with Crippen LogP contribution in [0.1, 0.15) is 24.5 Å². The van der Waals surface area contributed by atoms with Crippen LogP contribution in [-0.2, 0) is 21.5 Å². The lowest BCUT2D eigenvalue weighted by Gasteiger charge is -2.21. The first-order valence-electron chi connectivity index (χ1n) is 6.06. The molecule has 19 heavy (non-hydrogen) atoms. The summed E-state index contributed by atoms with van der Waals surface area (Å²) < 4.78 is 0. The molecule has 6 nitrogen and oxygen atoms in total. The number of benzene rings is 1. The second-order valence-corrected chi connectivity index (χ2v) is 4.87. The fraction of sp³-hybridized carbons (Fsp3) is 0.308. The first kappa shape index (κ1) is 11.7. The van der Waals surface area contributed by atoms with E-state index in [0.29, 0.717) is 18.5 Å². The molecule has 3 rings (SSSR count). The fourth-order valence-electron chi connectivity index (χ4n) is 2.81. The second-order valence-electron chi connectivity index (χ2n) is 4.87. The Balaban J connectivity index is 2.00. The second kappa shape index (κ2) is 3.81. The van der Waals surface area contributed by atoms with Crippen LogP contribution in [0.4, 0.5) is 10.5 Å². The molecule has 0 radical (unpaired) electrons. The summed E-state index contributed by atoms with van der Waals surface area (Å²) in [6, 6.07) is 4.93. The lowest BCUT2D eigenvalue weighted by molar-refractivity contribution is -0.124. The van der Waals surface area contributed by atoms with Gasteiger partial charge in [0.1, 0.15) is 5.54 Å². The lowest BCUT2D eigenvalue weighted by atomic mass is 9.92. The number of nitrogens with one attached hydrogen (secondary N) is 3. The predicted octanol–water partition coefficient (Wildman–Crippen LogP) is 0.626. The van der Waals surface area contributed by atoms with E-state index in [1.54, 1.807) is 12.1 Å². The van der Waals surface area contributed by atoms with E-state index >= 15 is 0 Å². The Labute approximate surface area is 109 Å². The molecule has 2 aliphatic rings. The highest BCUT2D eigenvalue weighted by atomic mass is 16.2. The molecule has 1 atom stereocenters. The number of anilines is 1. The van der Waals surface area contributed by atoms with Gasteiger partial charge in [-0.2, -0.15) is 0 Å². The summed E-state index contributed by atoms with van der Waals surface area (Å²) in [5.74, 6) is -0.442. The van der Waals surface area contributed by atoms with Gasteiger partial charge < -0.3 is 10.6 Å². The topological polar surface area (TPSA) is 87.3 Å². The van der Waals surface area contributed by atoms with Gasteiger partial charge >= 0.3 is 6.03 Å². The number of hydrogen-bond acceptors (Lipinski definition) is 3. The maximum atomic E-state index is 12.0. The van der Waals surface area contributed by atoms with Gasteiger partial charge in [0.05, 0.1) is 0 Å². The molecule has 0 aromatic heterocycles. The van der Waals surface area contributed by atoms with Crippen LogP contribution in [0.3, 0.4) is 0 Å². The Morgan fingerprint density at radius 3 is 2.79 bits per heavy atom. The van der Waals surface area contributed by atoms with Gasteiger partial charge in [-0.3, -0.25) is 14.9 Å². The molecule has 3 N–H and O–H groups in total. The van der Waals surface area contributed by atoms with Crippen LogP contribution < -0.4 is 16.0 Å². The lowest BCUT2D eigenvalue weighted by Crippen LogP contribution is -2.41. The summed E-state index contributed by atoms with van der Waals surface area (Å²) in [4.78, 5) is 34.3. The third-order valence-electron chi connectivity index (χ3n) is 3.60. The number of aryl methyl sites for hydroxylation is 1. The highest BCUT2D eigenvalue weighted by Crippen LogP contribution is 2.40. The zero-order valence-electron chi connectivity index (χ0n) is 10.4. The van der Waals surface area contributed by atoms with Gasteiger partial charge in [-0.15, -0.1) is 0 Å². The molecule has 4 amide bonds. The number of rotatable bonds is 1. The Hall–Kier alpha value is -2.37. The number of carbonyl (C=O) groups is 3. The molecule has 1 aliphatic carbocycles. The van der Waals surface area contributed by atoms with Crippen molar-refractivity contribution in [3.63, 3.8) is 0 Å². The van der Waals surface area contributed by atoms with E-state index in [1.165, 1.54) is 6.92 Å². The molecule has 1 saturated heterocycles. The fourth-order valence-corrected chi connectivity index (χ4v) is 2.81. The van der Waals surface area contributed by atoms with Gasteiger partial charge in [0.2, 0.25) is 5.91 Å². The molecule has 1 aliphatic heterocycles. The molecular weight excluding hydrogens is 246 g/mol. The molecule has 1 aromatic rings. The van der Waals surface area contributed by atoms with E-state index in [2.05, 4.69) is 16.0 Å². The SMILES string of the molecule is CC(=O)Nc1ccc2c(c1)CCC21NC(=O)NC1=O. The average Bonchev–Trinajstić information content (AvgIpc) is 2.81. The Bertz CT molecular complexity index is 611. The van der Waals surface area contributed by atoms with Gasteiger partial charge in [-0.25, -0.2) is 4.79 Å². The van der Waals surface area contributed by atoms with Crippen molar-refractivity contribution in [2.24, 2.45) is 0 Å². The van der Waals surface area contributed by atoms with Crippen LogP contribution in [0, 0.1) is 0 Å². The monoisotopic (exact) mass is 259 g/mol. The molecule has 1 heterocycles. The van der Waals surface area contributed by atoms with Gasteiger partial charge in [-0.05, 0) is 36.1 Å². The van der Waals surface area contributed by atoms with Crippen molar-refractivity contribution in [2.45, 2.75) is 25.3 Å². The van der Waals surface area contributed by atoms with Crippen LogP contribution >= 0.6 is 0 Å². The van der Waals surface area contributed by atoms with Crippen molar-refractivity contribution in [1.29, 1.82) is 0 Å². The maximum Gasteiger partial charge on any atom is 0.322 e. The first-order chi connectivity index (χ1) is 9.01. The minimum absolute atomic E-state index is 0.139. The molecule has 98 valence electrons. The smallest absolute Gasteiger partial charge is 0.322 e. The molecule has 0 saturated carbocycles. The third kappa shape index (κ3) is 1.68. The van der Waals surface area contributed by atoms with Crippen LogP contribution in [0.2, 0.25) is 0 Å². The third-order valence-corrected chi connectivity index (χ3v) is 3.60. The summed E-state index contributed by atoms with van der Waals surface area (Å²) in [6.07, 6.45) is 1.24. The van der Waals surface area contributed by atoms with E-state index in [-0.39, 0.29) is 11.8 Å². The van der Waals surface area contributed by atoms with Crippen LogP contribution in [0.15, 0.2) is 18.2 Å². The Morgan fingerprint density at radius 2 is 2.16 bits per heavy atom. The maximum absolute atomic E-state index is 12.0. The molecule has 1 unspecified atom stereocenters. The summed E-state index contributed by atoms with van der Waals surface area (Å²) in [7, 11) is 0. The minimum Gasteiger partial charge on any atom is -0.326 e. The van der Waals surface area contributed by atoms with Gasteiger partial charge in [0.15, 0.2) is 0 Å². The zero-order chi connectivity index (χ0) is 13.6. The minimum atomic E-state index is -0.929. The summed E-state index contributed by atoms with van der Waals surface area (Å²) in [5.41, 5.74) is 1.56. The van der Waals surface area contributed by atoms with E-state index in [9.17, 15) is 14.4 Å². The number of hydrogen-bond donors (Lipinski definition) is 3. The molecular formula is C13H13N3O3. The normalized spacial score (nSPS) is 24.1. The van der Waals surface area contributed by atoms with Crippen LogP contribution in [0.5, 0.6) is 0 Å². The van der Waals surface area contributed by atoms with Crippen molar-refractivity contribution < 1.29 is 14.4 Å². The Kier molecular flexibility index (Phi) is 2.35. The summed E-state index contributed by atoms with van der Waals surface area (Å²) in [5, 5.41) is 7.69. The van der Waals surface area contributed by atoms with Crippen molar-refractivity contribution in [3.05, 3.63) is 29.3 Å². The first-order valence-corrected chi connectivity index (χ1v) is 6.06. The molecule has 1 fully saturated rings. The largest absolute Gasteiger partial charge is 0.326 e. The molecule has 1 aromatic carbocycles. The van der Waals surface area contributed by atoms with Crippen LogP contribution in [0.25, 0.3) is 0 Å². The zero-order valence-corrected chi connectivity index (χ0v) is 10.4. The van der Waals surface area contributed by atoms with Crippen molar-refractivity contribution in [2.75, 3.05) is 5.32 Å². The van der Waals surface area contributed by atoms with Gasteiger partial charge in [0, 0.05) is 12.6 Å². The summed E-state index contributed by atoms with van der Waals surface area (Å²) >= 11 is 0. The Morgan fingerprint density at radius 1 is 1.37 bits per heavy atom. The quantitative estimate of drug-likeness (QED) is 0.646. The van der Waals surface area contributed by atoms with E-state index in [1.807, 2.05) is 6.07 Å². The standard InChI is InChI=1S/C13H13N3O3/c1-7(17)14-9-2-3-10-8(6-9)4-5-13(10)11(18)15-12(19)16-13/h2-3,6H,4-5H2,1H3,(H,14,17)(H2,15,16,18,19). The van der Waals surface area contributed by atoms with E-state index in [0.717, 1.165) is 11.1 Å². The number of carbonyl (C=O) groups excluding carboxylic acids is 3. The number of amides is 4. The van der Waals surface area contributed by atoms with E-state index in [4.69, 9.17) is 0 Å². The number of fused-ring (bicyclic) bond motifs is 2. The van der Waals surface area contributed by atoms with Crippen LogP contribution in [-0.4, -0.2) is 17.8 Å². The van der Waals surface area contributed by atoms with Crippen molar-refractivity contribution >= 4 is 23.5 Å². The van der Waals surface area contributed by atoms with Crippen molar-refractivity contribution in [3.8, 4) is 0 Å². The van der Waals surface area contributed by atoms with Gasteiger partial charge in [0.25, 0.3) is 5.91 Å². The van der Waals surface area contributed by atoms with Crippen molar-refractivity contribution in [1.82, 2.24) is 10.6 Å². The predicted molar refractivity (Wildman–Crippen MR) is 67.4 cm³/mol. The number of urea groups is 1. The highest BCUT2D eigenvalue weighted by molar-refractivity contribution is 6.08.